The normalized spacial score (nSPS) is 17.0. The Morgan fingerprint density at radius 1 is 1.18 bits per heavy atom. The molecule has 0 aliphatic carbocycles. The molecule has 11 heteroatoms. The van der Waals surface area contributed by atoms with E-state index >= 15 is 0 Å². The maximum Gasteiger partial charge on any atom is 0.338 e. The van der Waals surface area contributed by atoms with Gasteiger partial charge in [0.05, 0.1) is 28.2 Å². The van der Waals surface area contributed by atoms with Gasteiger partial charge in [-0.1, -0.05) is 6.07 Å². The van der Waals surface area contributed by atoms with Gasteiger partial charge in [0, 0.05) is 23.0 Å². The van der Waals surface area contributed by atoms with E-state index in [1.165, 1.54) is 18.7 Å². The molecule has 0 fully saturated rings. The highest BCUT2D eigenvalue weighted by atomic mass is 32.2. The number of carbonyl (C=O) groups is 2. The summed E-state index contributed by atoms with van der Waals surface area (Å²) in [5.41, 5.74) is 2.37. The molecule has 9 nitrogen and oxygen atoms in total. The number of ether oxygens (including phenoxy) is 1. The summed E-state index contributed by atoms with van der Waals surface area (Å²) in [7, 11) is -3.46. The third-order valence-corrected chi connectivity index (χ3v) is 7.57. The summed E-state index contributed by atoms with van der Waals surface area (Å²) < 4.78 is 32.7. The average Bonchev–Trinajstić information content (AvgIpc) is 3.14. The zero-order chi connectivity index (χ0) is 23.2. The monoisotopic (exact) mass is 482 g/mol. The second kappa shape index (κ2) is 8.16. The van der Waals surface area contributed by atoms with Crippen molar-refractivity contribution >= 4 is 61.1 Å². The van der Waals surface area contributed by atoms with E-state index in [4.69, 9.17) is 4.74 Å². The lowest BCUT2D eigenvalue weighted by Crippen LogP contribution is -2.35. The Kier molecular flexibility index (Phi) is 5.29. The number of sulfonamides is 1. The van der Waals surface area contributed by atoms with Gasteiger partial charge in [0.1, 0.15) is 0 Å². The van der Waals surface area contributed by atoms with Gasteiger partial charge in [-0.3, -0.25) is 9.78 Å². The Labute approximate surface area is 193 Å². The molecule has 1 unspecified atom stereocenters. The molecular formula is C22H18N4O5S2. The zero-order valence-electron chi connectivity index (χ0n) is 17.4. The van der Waals surface area contributed by atoms with E-state index in [0.29, 0.717) is 22.3 Å². The van der Waals surface area contributed by atoms with Crippen molar-refractivity contribution < 1.29 is 22.7 Å². The lowest BCUT2D eigenvalue weighted by atomic mass is 10.1. The molecule has 5 rings (SSSR count). The molecule has 2 aliphatic heterocycles. The summed E-state index contributed by atoms with van der Waals surface area (Å²) in [5.74, 6) is -1.17. The van der Waals surface area contributed by atoms with Gasteiger partial charge in [0.15, 0.2) is 11.3 Å². The van der Waals surface area contributed by atoms with Crippen LogP contribution in [-0.4, -0.2) is 48.8 Å². The maximum absolute atomic E-state index is 12.7. The van der Waals surface area contributed by atoms with Gasteiger partial charge in [-0.05, 0) is 61.2 Å². The number of rotatable bonds is 4. The molecule has 3 aromatic rings. The van der Waals surface area contributed by atoms with Gasteiger partial charge >= 0.3 is 5.97 Å². The largest absolute Gasteiger partial charge is 0.449 e. The first-order chi connectivity index (χ1) is 15.8. The van der Waals surface area contributed by atoms with Gasteiger partial charge in [0.25, 0.3) is 15.9 Å². The first-order valence-electron chi connectivity index (χ1n) is 10.1. The number of thioether (sulfide) groups is 1. The molecule has 0 bridgehead atoms. The van der Waals surface area contributed by atoms with Crippen molar-refractivity contribution in [3.8, 4) is 0 Å². The van der Waals surface area contributed by atoms with Gasteiger partial charge in [0.2, 0.25) is 0 Å². The van der Waals surface area contributed by atoms with Crippen molar-refractivity contribution in [2.24, 2.45) is 4.40 Å². The Balaban J connectivity index is 1.29. The molecule has 1 amide bonds. The summed E-state index contributed by atoms with van der Waals surface area (Å²) in [6.07, 6.45) is 0.635. The van der Waals surface area contributed by atoms with Crippen LogP contribution >= 0.6 is 11.8 Å². The number of amidine groups is 1. The number of benzene rings is 2. The molecule has 1 aromatic heterocycles. The number of pyridine rings is 1. The number of amides is 1. The van der Waals surface area contributed by atoms with Crippen molar-refractivity contribution in [3.05, 3.63) is 60.3 Å². The molecule has 1 atom stereocenters. The SMILES string of the molecule is CC(OC(=O)c1ccc2c(c1)SC1=NS(=O)(=O)CCN12)C(=O)Nc1cccc2ncccc12. The lowest BCUT2D eigenvalue weighted by Gasteiger charge is -2.22. The number of hydrogen-bond donors (Lipinski definition) is 1. The Morgan fingerprint density at radius 3 is 2.88 bits per heavy atom. The Hall–Kier alpha value is -3.44. The minimum atomic E-state index is -3.46. The Morgan fingerprint density at radius 2 is 2.03 bits per heavy atom. The molecule has 3 heterocycles. The minimum Gasteiger partial charge on any atom is -0.449 e. The van der Waals surface area contributed by atoms with Crippen LogP contribution in [0.15, 0.2) is 64.0 Å². The van der Waals surface area contributed by atoms with Crippen molar-refractivity contribution in [1.29, 1.82) is 0 Å². The number of nitrogens with zero attached hydrogens (tertiary/aromatic N) is 3. The quantitative estimate of drug-likeness (QED) is 0.564. The van der Waals surface area contributed by atoms with Gasteiger partial charge in [-0.15, -0.1) is 4.40 Å². The number of anilines is 2. The number of fused-ring (bicyclic) bond motifs is 4. The first kappa shape index (κ1) is 21.4. The fourth-order valence-electron chi connectivity index (χ4n) is 3.59. The highest BCUT2D eigenvalue weighted by Gasteiger charge is 2.33. The lowest BCUT2D eigenvalue weighted by molar-refractivity contribution is -0.123. The van der Waals surface area contributed by atoms with E-state index in [0.717, 1.165) is 16.6 Å². The topological polar surface area (TPSA) is 118 Å². The number of hydrogen-bond acceptors (Lipinski definition) is 8. The second-order valence-electron chi connectivity index (χ2n) is 7.51. The third-order valence-electron chi connectivity index (χ3n) is 5.27. The van der Waals surface area contributed by atoms with E-state index in [1.807, 2.05) is 17.0 Å². The predicted octanol–water partition coefficient (Wildman–Crippen LogP) is 3.03. The van der Waals surface area contributed by atoms with Crippen molar-refractivity contribution in [2.45, 2.75) is 17.9 Å². The molecular weight excluding hydrogens is 464 g/mol. The van der Waals surface area contributed by atoms with Gasteiger partial charge in [-0.2, -0.15) is 0 Å². The Bertz CT molecular complexity index is 1430. The molecule has 2 aliphatic rings. The minimum absolute atomic E-state index is 0.0559. The van der Waals surface area contributed by atoms with Gasteiger partial charge in [-0.25, -0.2) is 13.2 Å². The summed E-state index contributed by atoms with van der Waals surface area (Å²) >= 11 is 1.19. The molecule has 33 heavy (non-hydrogen) atoms. The number of aromatic nitrogens is 1. The second-order valence-corrected chi connectivity index (χ2v) is 10.3. The highest BCUT2D eigenvalue weighted by molar-refractivity contribution is 8.15. The smallest absolute Gasteiger partial charge is 0.338 e. The van der Waals surface area contributed by atoms with E-state index in [2.05, 4.69) is 14.7 Å². The third kappa shape index (κ3) is 4.16. The molecule has 2 aromatic carbocycles. The van der Waals surface area contributed by atoms with Crippen LogP contribution in [0.25, 0.3) is 10.9 Å². The van der Waals surface area contributed by atoms with Crippen molar-refractivity contribution in [3.63, 3.8) is 0 Å². The number of nitrogens with one attached hydrogen (secondary N) is 1. The van der Waals surface area contributed by atoms with Crippen LogP contribution in [0.1, 0.15) is 17.3 Å². The van der Waals surface area contributed by atoms with Crippen LogP contribution in [-0.2, 0) is 19.6 Å². The van der Waals surface area contributed by atoms with Crippen LogP contribution in [0, 0.1) is 0 Å². The molecule has 0 radical (unpaired) electrons. The fraction of sp³-hybridized carbons (Fsp3) is 0.182. The average molecular weight is 483 g/mol. The van der Waals surface area contributed by atoms with Crippen LogP contribution in [0.5, 0.6) is 0 Å². The van der Waals surface area contributed by atoms with Gasteiger partial charge < -0.3 is 15.0 Å². The van der Waals surface area contributed by atoms with Crippen LogP contribution in [0.3, 0.4) is 0 Å². The summed E-state index contributed by atoms with van der Waals surface area (Å²) in [4.78, 5) is 32.1. The van der Waals surface area contributed by atoms with E-state index in [-0.39, 0.29) is 11.3 Å². The summed E-state index contributed by atoms with van der Waals surface area (Å²) in [6.45, 7) is 1.81. The van der Waals surface area contributed by atoms with Crippen LogP contribution in [0.4, 0.5) is 11.4 Å². The highest BCUT2D eigenvalue weighted by Crippen LogP contribution is 2.42. The molecule has 168 valence electrons. The summed E-state index contributed by atoms with van der Waals surface area (Å²) in [5, 5.41) is 3.94. The van der Waals surface area contributed by atoms with Crippen molar-refractivity contribution in [1.82, 2.24) is 4.98 Å². The van der Waals surface area contributed by atoms with E-state index in [1.54, 1.807) is 42.6 Å². The zero-order valence-corrected chi connectivity index (χ0v) is 19.0. The predicted molar refractivity (Wildman–Crippen MR) is 126 cm³/mol. The van der Waals surface area contributed by atoms with E-state index < -0.39 is 28.0 Å². The standard InChI is InChI=1S/C22H18N4O5S2/c1-13(20(27)24-17-6-2-5-16-15(17)4-3-9-23-16)31-21(28)14-7-8-18-19(12-14)32-22-25-33(29,30)11-10-26(18)22/h2-9,12-13H,10-11H2,1H3,(H,24,27). The number of carbonyl (C=O) groups excluding carboxylic acids is 2. The maximum atomic E-state index is 12.7. The molecule has 0 spiro atoms. The molecule has 0 saturated heterocycles. The van der Waals surface area contributed by atoms with Crippen molar-refractivity contribution in [2.75, 3.05) is 22.5 Å². The molecule has 0 saturated carbocycles. The van der Waals surface area contributed by atoms with Crippen LogP contribution in [0.2, 0.25) is 0 Å². The van der Waals surface area contributed by atoms with E-state index in [9.17, 15) is 18.0 Å². The molecule has 1 N–H and O–H groups in total. The first-order valence-corrected chi connectivity index (χ1v) is 12.5. The number of esters is 1. The summed E-state index contributed by atoms with van der Waals surface area (Å²) in [6, 6.07) is 14.0. The van der Waals surface area contributed by atoms with Crippen LogP contribution < -0.4 is 10.2 Å². The fourth-order valence-corrected chi connectivity index (χ4v) is 5.88.